The summed E-state index contributed by atoms with van der Waals surface area (Å²) in [5.41, 5.74) is 8.08. The Balaban J connectivity index is 1.97. The van der Waals surface area contributed by atoms with Crippen LogP contribution in [0.5, 0.6) is 0 Å². The number of hydrogen-bond acceptors (Lipinski definition) is 3. The molecule has 2 aromatic rings. The van der Waals surface area contributed by atoms with Crippen molar-refractivity contribution in [1.82, 2.24) is 10.3 Å². The lowest BCUT2D eigenvalue weighted by atomic mass is 10.1. The first-order chi connectivity index (χ1) is 10.6. The second kappa shape index (κ2) is 7.94. The highest BCUT2D eigenvalue weighted by atomic mass is 32.1. The minimum absolute atomic E-state index is 0.509. The standard InChI is InChI=1S/C17H24N4S/c1-12(2)9-10-19-17(18)20-11-15-13(3)21-16(22-15)14-7-5-4-6-8-14/h4-8,12H,9-11H2,1-3H3,(H3,18,19,20). The fourth-order valence-corrected chi connectivity index (χ4v) is 2.97. The average molecular weight is 316 g/mol. The summed E-state index contributed by atoms with van der Waals surface area (Å²) in [6, 6.07) is 10.2. The van der Waals surface area contributed by atoms with Crippen LogP contribution in [0.2, 0.25) is 0 Å². The molecule has 0 aliphatic rings. The molecule has 0 aliphatic carbocycles. The third-order valence-electron chi connectivity index (χ3n) is 3.33. The lowest BCUT2D eigenvalue weighted by Gasteiger charge is -2.07. The predicted octanol–water partition coefficient (Wildman–Crippen LogP) is 3.57. The van der Waals surface area contributed by atoms with E-state index < -0.39 is 0 Å². The summed E-state index contributed by atoms with van der Waals surface area (Å²) < 4.78 is 0. The topological polar surface area (TPSA) is 63.3 Å². The molecule has 118 valence electrons. The molecule has 4 nitrogen and oxygen atoms in total. The molecule has 0 atom stereocenters. The number of benzene rings is 1. The van der Waals surface area contributed by atoms with Crippen molar-refractivity contribution in [2.75, 3.05) is 6.54 Å². The van der Waals surface area contributed by atoms with Crippen molar-refractivity contribution in [2.45, 2.75) is 33.7 Å². The van der Waals surface area contributed by atoms with Gasteiger partial charge in [0.25, 0.3) is 0 Å². The monoisotopic (exact) mass is 316 g/mol. The van der Waals surface area contributed by atoms with Gasteiger partial charge in [-0.3, -0.25) is 0 Å². The molecule has 0 fully saturated rings. The van der Waals surface area contributed by atoms with Gasteiger partial charge in [0.1, 0.15) is 5.01 Å². The third-order valence-corrected chi connectivity index (χ3v) is 4.53. The molecular formula is C17H24N4S. The SMILES string of the molecule is Cc1nc(-c2ccccc2)sc1CN=C(N)NCCC(C)C. The van der Waals surface area contributed by atoms with E-state index in [9.17, 15) is 0 Å². The number of aryl methyl sites for hydroxylation is 1. The molecule has 0 spiro atoms. The van der Waals surface area contributed by atoms with Crippen LogP contribution in [0, 0.1) is 12.8 Å². The first-order valence-corrected chi connectivity index (χ1v) is 8.43. The van der Waals surface area contributed by atoms with Gasteiger partial charge in [-0.2, -0.15) is 0 Å². The number of hydrogen-bond donors (Lipinski definition) is 2. The largest absolute Gasteiger partial charge is 0.370 e. The number of aromatic nitrogens is 1. The minimum atomic E-state index is 0.509. The Morgan fingerprint density at radius 3 is 2.73 bits per heavy atom. The highest BCUT2D eigenvalue weighted by Crippen LogP contribution is 2.28. The van der Waals surface area contributed by atoms with Crippen LogP contribution in [-0.4, -0.2) is 17.5 Å². The zero-order valence-corrected chi connectivity index (χ0v) is 14.3. The van der Waals surface area contributed by atoms with E-state index in [-0.39, 0.29) is 0 Å². The van der Waals surface area contributed by atoms with Crippen LogP contribution in [0.1, 0.15) is 30.8 Å². The van der Waals surface area contributed by atoms with E-state index in [4.69, 9.17) is 5.73 Å². The molecule has 1 heterocycles. The number of rotatable bonds is 6. The summed E-state index contributed by atoms with van der Waals surface area (Å²) in [7, 11) is 0. The van der Waals surface area contributed by atoms with Gasteiger partial charge in [-0.25, -0.2) is 9.98 Å². The summed E-state index contributed by atoms with van der Waals surface area (Å²) in [6.45, 7) is 7.86. The quantitative estimate of drug-likeness (QED) is 0.632. The van der Waals surface area contributed by atoms with Crippen LogP contribution in [0.15, 0.2) is 35.3 Å². The van der Waals surface area contributed by atoms with E-state index >= 15 is 0 Å². The van der Waals surface area contributed by atoms with E-state index in [1.165, 1.54) is 0 Å². The highest BCUT2D eigenvalue weighted by Gasteiger charge is 2.08. The Bertz CT molecular complexity index is 617. The molecule has 1 aromatic heterocycles. The predicted molar refractivity (Wildman–Crippen MR) is 95.1 cm³/mol. The van der Waals surface area contributed by atoms with Crippen LogP contribution in [-0.2, 0) is 6.54 Å². The zero-order valence-electron chi connectivity index (χ0n) is 13.5. The first kappa shape index (κ1) is 16.5. The van der Waals surface area contributed by atoms with Crippen molar-refractivity contribution in [1.29, 1.82) is 0 Å². The second-order valence-electron chi connectivity index (χ2n) is 5.70. The van der Waals surface area contributed by atoms with Gasteiger partial charge in [-0.1, -0.05) is 44.2 Å². The number of nitrogens with two attached hydrogens (primary N) is 1. The second-order valence-corrected chi connectivity index (χ2v) is 6.79. The zero-order chi connectivity index (χ0) is 15.9. The maximum Gasteiger partial charge on any atom is 0.188 e. The fourth-order valence-electron chi connectivity index (χ4n) is 1.98. The maximum atomic E-state index is 5.90. The van der Waals surface area contributed by atoms with Crippen LogP contribution < -0.4 is 11.1 Å². The Morgan fingerprint density at radius 2 is 2.05 bits per heavy atom. The van der Waals surface area contributed by atoms with Crippen LogP contribution in [0.25, 0.3) is 10.6 Å². The Morgan fingerprint density at radius 1 is 1.32 bits per heavy atom. The van der Waals surface area contributed by atoms with Gasteiger partial charge in [0.05, 0.1) is 12.2 Å². The Hall–Kier alpha value is -1.88. The van der Waals surface area contributed by atoms with Crippen molar-refractivity contribution in [2.24, 2.45) is 16.6 Å². The van der Waals surface area contributed by atoms with Crippen LogP contribution >= 0.6 is 11.3 Å². The fraction of sp³-hybridized carbons (Fsp3) is 0.412. The molecule has 0 aliphatic heterocycles. The van der Waals surface area contributed by atoms with Gasteiger partial charge in [0, 0.05) is 17.0 Å². The van der Waals surface area contributed by atoms with E-state index in [1.54, 1.807) is 11.3 Å². The maximum absolute atomic E-state index is 5.90. The molecular weight excluding hydrogens is 292 g/mol. The molecule has 0 unspecified atom stereocenters. The summed E-state index contributed by atoms with van der Waals surface area (Å²) in [5.74, 6) is 1.17. The Labute approximate surface area is 136 Å². The van der Waals surface area contributed by atoms with Crippen LogP contribution in [0.3, 0.4) is 0 Å². The number of guanidine groups is 1. The van der Waals surface area contributed by atoms with E-state index in [0.29, 0.717) is 18.4 Å². The van der Waals surface area contributed by atoms with Gasteiger partial charge in [0.2, 0.25) is 0 Å². The molecule has 3 N–H and O–H groups in total. The van der Waals surface area contributed by atoms with Gasteiger partial charge >= 0.3 is 0 Å². The average Bonchev–Trinajstić information content (AvgIpc) is 2.87. The third kappa shape index (κ3) is 4.84. The summed E-state index contributed by atoms with van der Waals surface area (Å²) in [6.07, 6.45) is 1.09. The molecule has 1 aromatic carbocycles. The summed E-state index contributed by atoms with van der Waals surface area (Å²) >= 11 is 1.68. The first-order valence-electron chi connectivity index (χ1n) is 7.61. The van der Waals surface area contributed by atoms with Crippen molar-refractivity contribution >= 4 is 17.3 Å². The smallest absolute Gasteiger partial charge is 0.188 e. The molecule has 5 heteroatoms. The van der Waals surface area contributed by atoms with Gasteiger partial charge < -0.3 is 11.1 Å². The molecule has 0 saturated carbocycles. The van der Waals surface area contributed by atoms with Gasteiger partial charge in [0.15, 0.2) is 5.96 Å². The molecule has 0 amide bonds. The van der Waals surface area contributed by atoms with Crippen molar-refractivity contribution in [3.05, 3.63) is 40.9 Å². The summed E-state index contributed by atoms with van der Waals surface area (Å²) in [4.78, 5) is 10.2. The number of nitrogens with zero attached hydrogens (tertiary/aromatic N) is 2. The lowest BCUT2D eigenvalue weighted by Crippen LogP contribution is -2.32. The van der Waals surface area contributed by atoms with Crippen molar-refractivity contribution in [3.8, 4) is 10.6 Å². The molecule has 22 heavy (non-hydrogen) atoms. The Kier molecular flexibility index (Phi) is 5.95. The number of aliphatic imine (C=N–C) groups is 1. The normalized spacial score (nSPS) is 11.9. The highest BCUT2D eigenvalue weighted by molar-refractivity contribution is 7.15. The number of thiazole rings is 1. The van der Waals surface area contributed by atoms with Crippen LogP contribution in [0.4, 0.5) is 0 Å². The van der Waals surface area contributed by atoms with Gasteiger partial charge in [-0.15, -0.1) is 11.3 Å². The minimum Gasteiger partial charge on any atom is -0.370 e. The molecule has 2 rings (SSSR count). The van der Waals surface area contributed by atoms with Crippen molar-refractivity contribution < 1.29 is 0 Å². The van der Waals surface area contributed by atoms with Crippen molar-refractivity contribution in [3.63, 3.8) is 0 Å². The molecule has 0 bridgehead atoms. The number of nitrogens with one attached hydrogen (secondary N) is 1. The lowest BCUT2D eigenvalue weighted by molar-refractivity contribution is 0.576. The molecule has 0 saturated heterocycles. The summed E-state index contributed by atoms with van der Waals surface area (Å²) in [5, 5.41) is 4.19. The molecule has 0 radical (unpaired) electrons. The van der Waals surface area contributed by atoms with E-state index in [0.717, 1.165) is 34.1 Å². The van der Waals surface area contributed by atoms with E-state index in [1.807, 2.05) is 25.1 Å². The van der Waals surface area contributed by atoms with Gasteiger partial charge in [-0.05, 0) is 19.3 Å². The van der Waals surface area contributed by atoms with E-state index in [2.05, 4.69) is 41.3 Å².